The standard InChI is InChI=1S/C21H17NO5/c1-24-15-5-3-12(8-17(15)25-2)18-14-9-22-21(23)13(14)7-11-4-6-16-20(19(11)18)27-10-26-16/h3-8H,9-10H2,1-2H3,(H,22,23). The molecule has 5 rings (SSSR count). The molecule has 6 heteroatoms. The Kier molecular flexibility index (Phi) is 3.40. The van der Waals surface area contributed by atoms with Crippen LogP contribution in [0.15, 0.2) is 36.4 Å². The Balaban J connectivity index is 1.88. The van der Waals surface area contributed by atoms with Crippen molar-refractivity contribution in [2.45, 2.75) is 6.54 Å². The summed E-state index contributed by atoms with van der Waals surface area (Å²) in [5, 5.41) is 4.79. The molecule has 0 aliphatic carbocycles. The highest BCUT2D eigenvalue weighted by molar-refractivity contribution is 6.11. The van der Waals surface area contributed by atoms with Crippen LogP contribution < -0.4 is 24.3 Å². The highest BCUT2D eigenvalue weighted by Gasteiger charge is 2.29. The summed E-state index contributed by atoms with van der Waals surface area (Å²) >= 11 is 0. The molecule has 0 saturated carbocycles. The summed E-state index contributed by atoms with van der Waals surface area (Å²) in [4.78, 5) is 12.3. The number of hydrogen-bond donors (Lipinski definition) is 1. The summed E-state index contributed by atoms with van der Waals surface area (Å²) in [7, 11) is 3.21. The number of rotatable bonds is 3. The predicted octanol–water partition coefficient (Wildman–Crippen LogP) is 3.50. The summed E-state index contributed by atoms with van der Waals surface area (Å²) < 4.78 is 22.2. The van der Waals surface area contributed by atoms with Crippen molar-refractivity contribution in [2.24, 2.45) is 0 Å². The summed E-state index contributed by atoms with van der Waals surface area (Å²) in [6.07, 6.45) is 0. The van der Waals surface area contributed by atoms with Crippen LogP contribution in [0.1, 0.15) is 15.9 Å². The van der Waals surface area contributed by atoms with Crippen LogP contribution in [0, 0.1) is 0 Å². The molecule has 0 saturated heterocycles. The van der Waals surface area contributed by atoms with Gasteiger partial charge in [0.15, 0.2) is 23.0 Å². The fraction of sp³-hybridized carbons (Fsp3) is 0.190. The second kappa shape index (κ2) is 5.81. The molecular weight excluding hydrogens is 346 g/mol. The van der Waals surface area contributed by atoms with E-state index in [1.807, 2.05) is 36.4 Å². The highest BCUT2D eigenvalue weighted by atomic mass is 16.7. The molecule has 136 valence electrons. The second-order valence-corrected chi connectivity index (χ2v) is 6.43. The smallest absolute Gasteiger partial charge is 0.251 e. The molecular formula is C21H17NO5. The van der Waals surface area contributed by atoms with Crippen LogP contribution in [-0.4, -0.2) is 26.9 Å². The molecule has 2 heterocycles. The Labute approximate surface area is 155 Å². The fourth-order valence-corrected chi connectivity index (χ4v) is 3.85. The van der Waals surface area contributed by atoms with Gasteiger partial charge in [-0.2, -0.15) is 0 Å². The average molecular weight is 363 g/mol. The molecule has 0 bridgehead atoms. The maximum absolute atomic E-state index is 12.3. The van der Waals surface area contributed by atoms with Crippen LogP contribution in [0.3, 0.4) is 0 Å². The van der Waals surface area contributed by atoms with Gasteiger partial charge >= 0.3 is 0 Å². The molecule has 27 heavy (non-hydrogen) atoms. The first kappa shape index (κ1) is 15.8. The zero-order chi connectivity index (χ0) is 18.5. The van der Waals surface area contributed by atoms with E-state index in [1.54, 1.807) is 14.2 Å². The van der Waals surface area contributed by atoms with Crippen molar-refractivity contribution >= 4 is 16.7 Å². The molecule has 0 atom stereocenters. The summed E-state index contributed by atoms with van der Waals surface area (Å²) in [6.45, 7) is 0.659. The topological polar surface area (TPSA) is 66.0 Å². The molecule has 0 radical (unpaired) electrons. The molecule has 6 nitrogen and oxygen atoms in total. The van der Waals surface area contributed by atoms with Gasteiger partial charge in [0.1, 0.15) is 0 Å². The third-order valence-corrected chi connectivity index (χ3v) is 5.09. The van der Waals surface area contributed by atoms with E-state index in [0.29, 0.717) is 35.1 Å². The summed E-state index contributed by atoms with van der Waals surface area (Å²) in [6, 6.07) is 11.5. The number of hydrogen-bond acceptors (Lipinski definition) is 5. The lowest BCUT2D eigenvalue weighted by Crippen LogP contribution is -2.12. The van der Waals surface area contributed by atoms with Crippen LogP contribution in [0.4, 0.5) is 0 Å². The molecule has 0 spiro atoms. The van der Waals surface area contributed by atoms with Gasteiger partial charge in [0.05, 0.1) is 14.2 Å². The van der Waals surface area contributed by atoms with Crippen molar-refractivity contribution in [3.8, 4) is 34.1 Å². The first-order chi connectivity index (χ1) is 13.2. The number of benzene rings is 3. The Hall–Kier alpha value is -3.41. The summed E-state index contributed by atoms with van der Waals surface area (Å²) in [5.41, 5.74) is 3.51. The van der Waals surface area contributed by atoms with Crippen molar-refractivity contribution < 1.29 is 23.7 Å². The van der Waals surface area contributed by atoms with Crippen LogP contribution >= 0.6 is 0 Å². The van der Waals surface area contributed by atoms with Crippen LogP contribution in [0.5, 0.6) is 23.0 Å². The van der Waals surface area contributed by atoms with Crippen LogP contribution in [0.2, 0.25) is 0 Å². The maximum atomic E-state index is 12.3. The van der Waals surface area contributed by atoms with Gasteiger partial charge in [0, 0.05) is 17.5 Å². The highest BCUT2D eigenvalue weighted by Crippen LogP contribution is 2.47. The lowest BCUT2D eigenvalue weighted by atomic mass is 9.90. The van der Waals surface area contributed by atoms with E-state index in [9.17, 15) is 4.79 Å². The van der Waals surface area contributed by atoms with Crippen molar-refractivity contribution in [1.82, 2.24) is 5.32 Å². The number of fused-ring (bicyclic) bond motifs is 4. The molecule has 1 amide bonds. The lowest BCUT2D eigenvalue weighted by molar-refractivity contribution is 0.0966. The molecule has 3 aromatic carbocycles. The van der Waals surface area contributed by atoms with E-state index < -0.39 is 0 Å². The van der Waals surface area contributed by atoms with Crippen molar-refractivity contribution in [1.29, 1.82) is 0 Å². The molecule has 3 aromatic rings. The van der Waals surface area contributed by atoms with Gasteiger partial charge in [0.25, 0.3) is 5.91 Å². The SMILES string of the molecule is COc1ccc(-c2c3c(cc4ccc5c(c24)OCO5)C(=O)NC3)cc1OC. The van der Waals surface area contributed by atoms with E-state index in [-0.39, 0.29) is 12.7 Å². The molecule has 2 aliphatic rings. The van der Waals surface area contributed by atoms with Gasteiger partial charge in [0.2, 0.25) is 6.79 Å². The van der Waals surface area contributed by atoms with E-state index in [0.717, 1.165) is 27.5 Å². The zero-order valence-corrected chi connectivity index (χ0v) is 14.9. The number of carbonyl (C=O) groups is 1. The molecule has 2 aliphatic heterocycles. The minimum absolute atomic E-state index is 0.0636. The van der Waals surface area contributed by atoms with Gasteiger partial charge in [-0.05, 0) is 46.3 Å². The summed E-state index contributed by atoms with van der Waals surface area (Å²) in [5.74, 6) is 2.63. The fourth-order valence-electron chi connectivity index (χ4n) is 3.85. The first-order valence-corrected chi connectivity index (χ1v) is 8.60. The number of amides is 1. The number of methoxy groups -OCH3 is 2. The molecule has 0 unspecified atom stereocenters. The van der Waals surface area contributed by atoms with E-state index in [1.165, 1.54) is 0 Å². The van der Waals surface area contributed by atoms with E-state index in [2.05, 4.69) is 5.32 Å². The second-order valence-electron chi connectivity index (χ2n) is 6.43. The van der Waals surface area contributed by atoms with Gasteiger partial charge < -0.3 is 24.3 Å². The third kappa shape index (κ3) is 2.23. The Morgan fingerprint density at radius 3 is 2.67 bits per heavy atom. The maximum Gasteiger partial charge on any atom is 0.251 e. The number of ether oxygens (including phenoxy) is 4. The normalized spacial score (nSPS) is 14.2. The third-order valence-electron chi connectivity index (χ3n) is 5.09. The lowest BCUT2D eigenvalue weighted by Gasteiger charge is -2.16. The van der Waals surface area contributed by atoms with Crippen molar-refractivity contribution in [2.75, 3.05) is 21.0 Å². The predicted molar refractivity (Wildman–Crippen MR) is 99.8 cm³/mol. The van der Waals surface area contributed by atoms with Crippen LogP contribution in [0.25, 0.3) is 21.9 Å². The monoisotopic (exact) mass is 363 g/mol. The Morgan fingerprint density at radius 2 is 1.85 bits per heavy atom. The van der Waals surface area contributed by atoms with Crippen molar-refractivity contribution in [3.63, 3.8) is 0 Å². The van der Waals surface area contributed by atoms with Gasteiger partial charge in [-0.1, -0.05) is 12.1 Å². The van der Waals surface area contributed by atoms with Gasteiger partial charge in [-0.3, -0.25) is 4.79 Å². The zero-order valence-electron chi connectivity index (χ0n) is 14.9. The molecule has 1 N–H and O–H groups in total. The molecule has 0 fully saturated rings. The number of nitrogens with one attached hydrogen (secondary N) is 1. The minimum Gasteiger partial charge on any atom is -0.493 e. The van der Waals surface area contributed by atoms with Gasteiger partial charge in [-0.15, -0.1) is 0 Å². The minimum atomic E-state index is -0.0636. The Morgan fingerprint density at radius 1 is 1.00 bits per heavy atom. The van der Waals surface area contributed by atoms with Crippen molar-refractivity contribution in [3.05, 3.63) is 47.5 Å². The largest absolute Gasteiger partial charge is 0.493 e. The van der Waals surface area contributed by atoms with E-state index in [4.69, 9.17) is 18.9 Å². The molecule has 0 aromatic heterocycles. The number of carbonyl (C=O) groups excluding carboxylic acids is 1. The Bertz CT molecular complexity index is 1110. The quantitative estimate of drug-likeness (QED) is 0.772. The first-order valence-electron chi connectivity index (χ1n) is 8.60. The van der Waals surface area contributed by atoms with Gasteiger partial charge in [-0.25, -0.2) is 0 Å². The average Bonchev–Trinajstić information content (AvgIpc) is 3.32. The van der Waals surface area contributed by atoms with E-state index >= 15 is 0 Å². The van der Waals surface area contributed by atoms with Crippen LogP contribution in [-0.2, 0) is 6.54 Å².